The van der Waals surface area contributed by atoms with Crippen LogP contribution < -0.4 is 0 Å². The van der Waals surface area contributed by atoms with Crippen LogP contribution >= 0.6 is 0 Å². The van der Waals surface area contributed by atoms with E-state index in [1.54, 1.807) is 12.1 Å². The van der Waals surface area contributed by atoms with E-state index < -0.39 is 5.97 Å². The number of nitrogens with zero attached hydrogens (tertiary/aromatic N) is 3. The Bertz CT molecular complexity index is 1330. The zero-order valence-corrected chi connectivity index (χ0v) is 19.3. The van der Waals surface area contributed by atoms with E-state index in [4.69, 9.17) is 4.98 Å². The molecule has 5 nitrogen and oxygen atoms in total. The molecular formula is C27H31N3O2. The van der Waals surface area contributed by atoms with Crippen LogP contribution in [0, 0.1) is 11.3 Å². The fraction of sp³-hybridized carbons (Fsp3) is 0.407. The fourth-order valence-corrected chi connectivity index (χ4v) is 6.04. The van der Waals surface area contributed by atoms with Gasteiger partial charge in [-0.15, -0.1) is 0 Å². The van der Waals surface area contributed by atoms with Gasteiger partial charge in [-0.3, -0.25) is 0 Å². The lowest BCUT2D eigenvalue weighted by Gasteiger charge is -2.40. The Hall–Kier alpha value is -3.08. The van der Waals surface area contributed by atoms with Gasteiger partial charge in [-0.2, -0.15) is 0 Å². The lowest BCUT2D eigenvalue weighted by molar-refractivity contribution is 0.0697. The molecule has 0 spiro atoms. The molecule has 1 aliphatic rings. The number of carboxylic acids is 1. The Morgan fingerprint density at radius 1 is 1.16 bits per heavy atom. The summed E-state index contributed by atoms with van der Waals surface area (Å²) in [5, 5.41) is 10.7. The topological polar surface area (TPSA) is 60.0 Å². The van der Waals surface area contributed by atoms with Crippen LogP contribution in [0.5, 0.6) is 0 Å². The summed E-state index contributed by atoms with van der Waals surface area (Å²) in [5.41, 5.74) is 4.84. The SMILES string of the molecule is C[C@H]1CC(n2c(Cc3cn(C)c4ccccc34)nc3cc(C(=O)O)ccc32)CC(C)(C)C1. The summed E-state index contributed by atoms with van der Waals surface area (Å²) in [5.74, 6) is 0.753. The minimum absolute atomic E-state index is 0.274. The highest BCUT2D eigenvalue weighted by Crippen LogP contribution is 2.45. The first kappa shape index (κ1) is 20.8. The molecule has 1 fully saturated rings. The van der Waals surface area contributed by atoms with E-state index in [2.05, 4.69) is 67.4 Å². The van der Waals surface area contributed by atoms with Crippen LogP contribution in [0.1, 0.15) is 67.8 Å². The zero-order valence-electron chi connectivity index (χ0n) is 19.3. The third kappa shape index (κ3) is 3.60. The highest BCUT2D eigenvalue weighted by molar-refractivity contribution is 5.92. The first-order valence-electron chi connectivity index (χ1n) is 11.5. The van der Waals surface area contributed by atoms with Crippen LogP contribution in [0.2, 0.25) is 0 Å². The van der Waals surface area contributed by atoms with Crippen LogP contribution in [0.25, 0.3) is 21.9 Å². The monoisotopic (exact) mass is 429 g/mol. The van der Waals surface area contributed by atoms with E-state index in [1.807, 2.05) is 6.07 Å². The van der Waals surface area contributed by atoms with Gasteiger partial charge in [0.15, 0.2) is 0 Å². The number of aromatic nitrogens is 3. The predicted octanol–water partition coefficient (Wildman–Crippen LogP) is 6.20. The number of aromatic carboxylic acids is 1. The zero-order chi connectivity index (χ0) is 22.6. The Labute approximate surface area is 188 Å². The van der Waals surface area contributed by atoms with Crippen molar-refractivity contribution in [3.05, 3.63) is 65.6 Å². The summed E-state index contributed by atoms with van der Waals surface area (Å²) in [6, 6.07) is 14.2. The van der Waals surface area contributed by atoms with Crippen molar-refractivity contribution in [1.82, 2.24) is 14.1 Å². The standard InChI is InChI=1S/C27H31N3O2/c1-17-11-20(15-27(2,3)14-17)30-24-10-9-18(26(31)32)12-22(24)28-25(30)13-19-16-29(4)23-8-6-5-7-21(19)23/h5-10,12,16-17,20H,11,13-15H2,1-4H3,(H,31,32)/t17-,20?/m0/s1. The minimum atomic E-state index is -0.913. The third-order valence-electron chi connectivity index (χ3n) is 7.07. The number of benzene rings is 2. The number of carbonyl (C=O) groups is 1. The molecule has 32 heavy (non-hydrogen) atoms. The molecule has 5 heteroatoms. The number of aryl methyl sites for hydroxylation is 1. The summed E-state index contributed by atoms with van der Waals surface area (Å²) in [6.07, 6.45) is 6.39. The van der Waals surface area contributed by atoms with Crippen LogP contribution in [0.4, 0.5) is 0 Å². The van der Waals surface area contributed by atoms with E-state index >= 15 is 0 Å². The van der Waals surface area contributed by atoms with E-state index in [0.29, 0.717) is 12.0 Å². The van der Waals surface area contributed by atoms with E-state index in [9.17, 15) is 9.90 Å². The molecule has 0 amide bonds. The van der Waals surface area contributed by atoms with Gasteiger partial charge in [0.25, 0.3) is 0 Å². The number of rotatable bonds is 4. The molecule has 1 aliphatic carbocycles. The second-order valence-electron chi connectivity index (χ2n) is 10.4. The first-order chi connectivity index (χ1) is 15.2. The molecule has 166 valence electrons. The van der Waals surface area contributed by atoms with E-state index in [0.717, 1.165) is 36.1 Å². The third-order valence-corrected chi connectivity index (χ3v) is 7.07. The summed E-state index contributed by atoms with van der Waals surface area (Å²) >= 11 is 0. The maximum Gasteiger partial charge on any atom is 0.335 e. The average molecular weight is 430 g/mol. The molecule has 1 saturated carbocycles. The second kappa shape index (κ2) is 7.51. The van der Waals surface area contributed by atoms with Crippen molar-refractivity contribution in [3.8, 4) is 0 Å². The van der Waals surface area contributed by atoms with E-state index in [-0.39, 0.29) is 11.0 Å². The summed E-state index contributed by atoms with van der Waals surface area (Å²) in [6.45, 7) is 7.07. The van der Waals surface area contributed by atoms with Crippen LogP contribution in [-0.4, -0.2) is 25.2 Å². The Kier molecular flexibility index (Phi) is 4.88. The van der Waals surface area contributed by atoms with E-state index in [1.165, 1.54) is 22.9 Å². The lowest BCUT2D eigenvalue weighted by atomic mass is 9.70. The van der Waals surface area contributed by atoms with Crippen LogP contribution in [-0.2, 0) is 13.5 Å². The number of carboxylic acid groups (broad SMARTS) is 1. The average Bonchev–Trinajstić information content (AvgIpc) is 3.23. The van der Waals surface area contributed by atoms with Crippen molar-refractivity contribution in [1.29, 1.82) is 0 Å². The van der Waals surface area contributed by atoms with Crippen molar-refractivity contribution in [2.45, 2.75) is 52.5 Å². The Balaban J connectivity index is 1.66. The minimum Gasteiger partial charge on any atom is -0.478 e. The van der Waals surface area contributed by atoms with Crippen LogP contribution in [0.3, 0.4) is 0 Å². The molecule has 2 atom stereocenters. The van der Waals surface area contributed by atoms with Crippen molar-refractivity contribution in [3.63, 3.8) is 0 Å². The van der Waals surface area contributed by atoms with Gasteiger partial charge in [0.05, 0.1) is 16.6 Å². The smallest absolute Gasteiger partial charge is 0.335 e. The van der Waals surface area contributed by atoms with Crippen molar-refractivity contribution in [2.24, 2.45) is 18.4 Å². The first-order valence-corrected chi connectivity index (χ1v) is 11.5. The Morgan fingerprint density at radius 2 is 1.94 bits per heavy atom. The molecule has 0 bridgehead atoms. The van der Waals surface area contributed by atoms with Crippen molar-refractivity contribution in [2.75, 3.05) is 0 Å². The van der Waals surface area contributed by atoms with Crippen molar-refractivity contribution >= 4 is 27.9 Å². The highest BCUT2D eigenvalue weighted by Gasteiger charge is 2.34. The van der Waals surface area contributed by atoms with Crippen LogP contribution in [0.15, 0.2) is 48.7 Å². The molecule has 2 aromatic carbocycles. The van der Waals surface area contributed by atoms with Gasteiger partial charge in [-0.05, 0) is 60.4 Å². The van der Waals surface area contributed by atoms with Gasteiger partial charge in [0.1, 0.15) is 5.82 Å². The van der Waals surface area contributed by atoms with Gasteiger partial charge in [-0.25, -0.2) is 9.78 Å². The lowest BCUT2D eigenvalue weighted by Crippen LogP contribution is -2.30. The van der Waals surface area contributed by atoms with Gasteiger partial charge >= 0.3 is 5.97 Å². The number of para-hydroxylation sites is 1. The van der Waals surface area contributed by atoms with Gasteiger partial charge in [0.2, 0.25) is 0 Å². The molecule has 4 aromatic rings. The number of hydrogen-bond donors (Lipinski definition) is 1. The molecule has 1 unspecified atom stereocenters. The number of imidazole rings is 1. The Morgan fingerprint density at radius 3 is 2.69 bits per heavy atom. The highest BCUT2D eigenvalue weighted by atomic mass is 16.4. The molecule has 1 N–H and O–H groups in total. The number of hydrogen-bond acceptors (Lipinski definition) is 2. The van der Waals surface area contributed by atoms with Crippen molar-refractivity contribution < 1.29 is 9.90 Å². The fourth-order valence-electron chi connectivity index (χ4n) is 6.04. The molecular weight excluding hydrogens is 398 g/mol. The molecule has 2 aromatic heterocycles. The normalized spacial score (nSPS) is 20.8. The second-order valence-corrected chi connectivity index (χ2v) is 10.4. The molecule has 0 saturated heterocycles. The maximum absolute atomic E-state index is 11.6. The summed E-state index contributed by atoms with van der Waals surface area (Å²) in [4.78, 5) is 16.6. The number of fused-ring (bicyclic) bond motifs is 2. The molecule has 5 rings (SSSR count). The summed E-state index contributed by atoms with van der Waals surface area (Å²) in [7, 11) is 2.08. The predicted molar refractivity (Wildman–Crippen MR) is 128 cm³/mol. The maximum atomic E-state index is 11.6. The van der Waals surface area contributed by atoms with Gasteiger partial charge < -0.3 is 14.2 Å². The molecule has 0 aliphatic heterocycles. The largest absolute Gasteiger partial charge is 0.478 e. The quantitative estimate of drug-likeness (QED) is 0.420. The molecule has 0 radical (unpaired) electrons. The van der Waals surface area contributed by atoms with Gasteiger partial charge in [-0.1, -0.05) is 39.0 Å². The summed E-state index contributed by atoms with van der Waals surface area (Å²) < 4.78 is 4.59. The molecule has 2 heterocycles. The van der Waals surface area contributed by atoms with Gasteiger partial charge in [0, 0.05) is 36.6 Å².